The number of nitrogens with two attached hydrogens (primary N) is 1. The van der Waals surface area contributed by atoms with Crippen molar-refractivity contribution in [2.45, 2.75) is 13.8 Å². The molecule has 96 valence electrons. The van der Waals surface area contributed by atoms with Gasteiger partial charge in [0.2, 0.25) is 0 Å². The zero-order valence-electron chi connectivity index (χ0n) is 11.2. The fourth-order valence-corrected chi connectivity index (χ4v) is 2.38. The maximum Gasteiger partial charge on any atom is 0.163 e. The summed E-state index contributed by atoms with van der Waals surface area (Å²) < 4.78 is 1.74. The lowest BCUT2D eigenvalue weighted by atomic mass is 10.0. The molecule has 5 heteroatoms. The first-order chi connectivity index (χ1) is 9.08. The summed E-state index contributed by atoms with van der Waals surface area (Å²) in [6.07, 6.45) is 1.46. The van der Waals surface area contributed by atoms with E-state index in [1.165, 1.54) is 17.5 Å². The normalized spacial score (nSPS) is 11.1. The molecule has 5 nitrogen and oxygen atoms in total. The van der Waals surface area contributed by atoms with Gasteiger partial charge in [0.25, 0.3) is 0 Å². The molecule has 2 aromatic heterocycles. The van der Waals surface area contributed by atoms with Crippen molar-refractivity contribution in [1.29, 1.82) is 0 Å². The minimum absolute atomic E-state index is 0.466. The molecular weight excluding hydrogens is 238 g/mol. The topological polar surface area (TPSA) is 69.6 Å². The molecule has 2 heterocycles. The molecule has 0 fully saturated rings. The molecule has 0 radical (unpaired) electrons. The summed E-state index contributed by atoms with van der Waals surface area (Å²) in [5, 5.41) is 5.36. The first kappa shape index (κ1) is 11.6. The summed E-state index contributed by atoms with van der Waals surface area (Å²) in [4.78, 5) is 8.31. The van der Waals surface area contributed by atoms with Crippen LogP contribution in [0.5, 0.6) is 0 Å². The molecule has 0 aliphatic rings. The summed E-state index contributed by atoms with van der Waals surface area (Å²) in [6, 6.07) is 6.28. The number of rotatable bonds is 1. The lowest BCUT2D eigenvalue weighted by Crippen LogP contribution is -1.95. The van der Waals surface area contributed by atoms with Gasteiger partial charge in [-0.25, -0.2) is 14.6 Å². The number of nitrogen functional groups attached to an aromatic ring is 1. The van der Waals surface area contributed by atoms with Gasteiger partial charge in [-0.1, -0.05) is 23.8 Å². The Labute approximate surface area is 111 Å². The molecule has 0 unspecified atom stereocenters. The second kappa shape index (κ2) is 4.05. The SMILES string of the molecule is Cc1ccc(-c2nn(C)c3ncnc(N)c23)c(C)c1. The summed E-state index contributed by atoms with van der Waals surface area (Å²) in [7, 11) is 1.86. The van der Waals surface area contributed by atoms with Crippen LogP contribution in [0.1, 0.15) is 11.1 Å². The van der Waals surface area contributed by atoms with Crippen LogP contribution in [-0.4, -0.2) is 19.7 Å². The fraction of sp³-hybridized carbons (Fsp3) is 0.214. The number of anilines is 1. The Hall–Kier alpha value is -2.43. The minimum Gasteiger partial charge on any atom is -0.383 e. The third-order valence-corrected chi connectivity index (χ3v) is 3.29. The average molecular weight is 253 g/mol. The number of aromatic nitrogens is 4. The Balaban J connectivity index is 2.37. The monoisotopic (exact) mass is 253 g/mol. The first-order valence-electron chi connectivity index (χ1n) is 6.08. The number of aryl methyl sites for hydroxylation is 3. The highest BCUT2D eigenvalue weighted by molar-refractivity contribution is 5.98. The van der Waals surface area contributed by atoms with Gasteiger partial charge in [0.1, 0.15) is 17.8 Å². The molecule has 0 atom stereocenters. The summed E-state index contributed by atoms with van der Waals surface area (Å²) >= 11 is 0. The maximum absolute atomic E-state index is 5.98. The summed E-state index contributed by atoms with van der Waals surface area (Å²) in [5.41, 5.74) is 11.0. The number of hydrogen-bond acceptors (Lipinski definition) is 4. The van der Waals surface area contributed by atoms with Crippen molar-refractivity contribution < 1.29 is 0 Å². The smallest absolute Gasteiger partial charge is 0.163 e. The number of hydrogen-bond donors (Lipinski definition) is 1. The van der Waals surface area contributed by atoms with Gasteiger partial charge in [-0.3, -0.25) is 0 Å². The van der Waals surface area contributed by atoms with E-state index in [0.717, 1.165) is 22.3 Å². The lowest BCUT2D eigenvalue weighted by Gasteiger charge is -2.05. The molecular formula is C14H15N5. The van der Waals surface area contributed by atoms with Gasteiger partial charge < -0.3 is 5.73 Å². The molecule has 0 aliphatic carbocycles. The van der Waals surface area contributed by atoms with Crippen LogP contribution in [0.3, 0.4) is 0 Å². The van der Waals surface area contributed by atoms with Crippen LogP contribution < -0.4 is 5.73 Å². The van der Waals surface area contributed by atoms with Gasteiger partial charge in [0.05, 0.1) is 5.39 Å². The summed E-state index contributed by atoms with van der Waals surface area (Å²) in [5.74, 6) is 0.466. The average Bonchev–Trinajstić information content (AvgIpc) is 2.68. The van der Waals surface area contributed by atoms with Crippen LogP contribution in [0.15, 0.2) is 24.5 Å². The molecule has 0 amide bonds. The van der Waals surface area contributed by atoms with E-state index in [2.05, 4.69) is 47.1 Å². The molecule has 0 bridgehead atoms. The number of benzene rings is 1. The predicted octanol–water partition coefficient (Wildman–Crippen LogP) is 2.23. The van der Waals surface area contributed by atoms with Crippen LogP contribution in [0.25, 0.3) is 22.3 Å². The third kappa shape index (κ3) is 1.74. The molecule has 0 saturated carbocycles. The predicted molar refractivity (Wildman–Crippen MR) is 75.6 cm³/mol. The van der Waals surface area contributed by atoms with Gasteiger partial charge >= 0.3 is 0 Å². The van der Waals surface area contributed by atoms with Crippen molar-refractivity contribution in [1.82, 2.24) is 19.7 Å². The third-order valence-electron chi connectivity index (χ3n) is 3.29. The Morgan fingerprint density at radius 1 is 1.16 bits per heavy atom. The van der Waals surface area contributed by atoms with E-state index >= 15 is 0 Å². The Morgan fingerprint density at radius 2 is 1.95 bits per heavy atom. The van der Waals surface area contributed by atoms with E-state index in [-0.39, 0.29) is 0 Å². The zero-order valence-corrected chi connectivity index (χ0v) is 11.2. The van der Waals surface area contributed by atoms with Gasteiger partial charge in [0.15, 0.2) is 5.65 Å². The standard InChI is InChI=1S/C14H15N5/c1-8-4-5-10(9(2)6-8)12-11-13(15)16-7-17-14(11)19(3)18-12/h4-7H,1-3H3,(H2,15,16,17). The van der Waals surface area contributed by atoms with Crippen molar-refractivity contribution in [3.63, 3.8) is 0 Å². The van der Waals surface area contributed by atoms with Gasteiger partial charge in [0, 0.05) is 12.6 Å². The van der Waals surface area contributed by atoms with Gasteiger partial charge in [-0.05, 0) is 19.4 Å². The van der Waals surface area contributed by atoms with E-state index in [1.807, 2.05) is 7.05 Å². The zero-order chi connectivity index (χ0) is 13.6. The van der Waals surface area contributed by atoms with Crippen molar-refractivity contribution in [3.8, 4) is 11.3 Å². The molecule has 19 heavy (non-hydrogen) atoms. The van der Waals surface area contributed by atoms with E-state index in [1.54, 1.807) is 4.68 Å². The summed E-state index contributed by atoms with van der Waals surface area (Å²) in [6.45, 7) is 4.15. The second-order valence-electron chi connectivity index (χ2n) is 4.75. The van der Waals surface area contributed by atoms with E-state index in [4.69, 9.17) is 5.73 Å². The van der Waals surface area contributed by atoms with Crippen LogP contribution >= 0.6 is 0 Å². The second-order valence-corrected chi connectivity index (χ2v) is 4.75. The molecule has 2 N–H and O–H groups in total. The Morgan fingerprint density at radius 3 is 2.68 bits per heavy atom. The number of fused-ring (bicyclic) bond motifs is 1. The maximum atomic E-state index is 5.98. The minimum atomic E-state index is 0.466. The number of nitrogens with zero attached hydrogens (tertiary/aromatic N) is 4. The molecule has 0 saturated heterocycles. The van der Waals surface area contributed by atoms with E-state index in [0.29, 0.717) is 5.82 Å². The van der Waals surface area contributed by atoms with Crippen LogP contribution in [0.4, 0.5) is 5.82 Å². The lowest BCUT2D eigenvalue weighted by molar-refractivity contribution is 0.788. The van der Waals surface area contributed by atoms with Gasteiger partial charge in [-0.2, -0.15) is 5.10 Å². The highest BCUT2D eigenvalue weighted by Crippen LogP contribution is 2.31. The van der Waals surface area contributed by atoms with Crippen molar-refractivity contribution in [3.05, 3.63) is 35.7 Å². The van der Waals surface area contributed by atoms with Crippen LogP contribution in [0, 0.1) is 13.8 Å². The van der Waals surface area contributed by atoms with E-state index in [9.17, 15) is 0 Å². The van der Waals surface area contributed by atoms with E-state index < -0.39 is 0 Å². The molecule has 3 rings (SSSR count). The Bertz CT molecular complexity index is 773. The van der Waals surface area contributed by atoms with Crippen LogP contribution in [0.2, 0.25) is 0 Å². The Kier molecular flexibility index (Phi) is 2.48. The molecule has 3 aromatic rings. The first-order valence-corrected chi connectivity index (χ1v) is 6.08. The van der Waals surface area contributed by atoms with Crippen molar-refractivity contribution in [2.75, 3.05) is 5.73 Å². The van der Waals surface area contributed by atoms with Crippen LogP contribution in [-0.2, 0) is 7.05 Å². The molecule has 0 spiro atoms. The largest absolute Gasteiger partial charge is 0.383 e. The molecule has 1 aromatic carbocycles. The highest BCUT2D eigenvalue weighted by atomic mass is 15.3. The van der Waals surface area contributed by atoms with Crippen molar-refractivity contribution in [2.24, 2.45) is 7.05 Å². The van der Waals surface area contributed by atoms with Crippen molar-refractivity contribution >= 4 is 16.9 Å². The fourth-order valence-electron chi connectivity index (χ4n) is 2.38. The van der Waals surface area contributed by atoms with Gasteiger partial charge in [-0.15, -0.1) is 0 Å². The molecule has 0 aliphatic heterocycles. The highest BCUT2D eigenvalue weighted by Gasteiger charge is 2.16. The quantitative estimate of drug-likeness (QED) is 0.722.